The molecule has 1 aromatic heterocycles. The first-order valence-electron chi connectivity index (χ1n) is 5.84. The summed E-state index contributed by atoms with van der Waals surface area (Å²) in [5, 5.41) is 12.0. The molecule has 0 aliphatic heterocycles. The number of hydrogen-bond donors (Lipinski definition) is 2. The van der Waals surface area contributed by atoms with E-state index >= 15 is 0 Å². The molecule has 1 aliphatic carbocycles. The topological polar surface area (TPSA) is 79.5 Å². The number of carbonyl (C=O) groups excluding carboxylic acids is 1. The van der Waals surface area contributed by atoms with E-state index < -0.39 is 17.4 Å². The van der Waals surface area contributed by atoms with Gasteiger partial charge in [0, 0.05) is 0 Å². The molecule has 0 aromatic carbocycles. The molecule has 1 saturated carbocycles. The quantitative estimate of drug-likeness (QED) is 0.898. The fourth-order valence-electron chi connectivity index (χ4n) is 2.28. The van der Waals surface area contributed by atoms with Gasteiger partial charge in [0.05, 0.1) is 10.7 Å². The van der Waals surface area contributed by atoms with Crippen molar-refractivity contribution in [2.75, 3.05) is 0 Å². The number of halogens is 1. The first-order valence-corrected chi connectivity index (χ1v) is 6.63. The summed E-state index contributed by atoms with van der Waals surface area (Å²) in [6, 6.07) is 1.60. The van der Waals surface area contributed by atoms with Gasteiger partial charge in [-0.05, 0) is 34.8 Å². The molecule has 1 fully saturated rings. The van der Waals surface area contributed by atoms with Crippen molar-refractivity contribution in [3.8, 4) is 0 Å². The Kier molecular flexibility index (Phi) is 3.75. The Hall–Kier alpha value is -1.30. The number of carboxylic acid groups (broad SMARTS) is 1. The molecule has 1 heterocycles. The fourth-order valence-corrected chi connectivity index (χ4v) is 2.66. The highest BCUT2D eigenvalue weighted by molar-refractivity contribution is 9.10. The molecule has 1 aliphatic rings. The molecule has 0 atom stereocenters. The maximum atomic E-state index is 12.0. The Balaban J connectivity index is 2.17. The lowest BCUT2D eigenvalue weighted by molar-refractivity contribution is -0.145. The Morgan fingerprint density at radius 1 is 1.33 bits per heavy atom. The number of aliphatic carboxylic acids is 1. The molecule has 6 heteroatoms. The summed E-state index contributed by atoms with van der Waals surface area (Å²) in [5.41, 5.74) is -1.15. The number of nitrogens with one attached hydrogen (secondary N) is 1. The minimum Gasteiger partial charge on any atom is -0.480 e. The molecule has 98 valence electrons. The van der Waals surface area contributed by atoms with Gasteiger partial charge in [-0.1, -0.05) is 19.3 Å². The average Bonchev–Trinajstić information content (AvgIpc) is 2.76. The molecule has 0 spiro atoms. The number of amides is 1. The maximum Gasteiger partial charge on any atom is 0.329 e. The van der Waals surface area contributed by atoms with Gasteiger partial charge in [0.1, 0.15) is 5.54 Å². The van der Waals surface area contributed by atoms with E-state index in [0.717, 1.165) is 19.3 Å². The van der Waals surface area contributed by atoms with Crippen LogP contribution in [0, 0.1) is 0 Å². The smallest absolute Gasteiger partial charge is 0.329 e. The third-order valence-electron chi connectivity index (χ3n) is 3.29. The highest BCUT2D eigenvalue weighted by Gasteiger charge is 2.41. The van der Waals surface area contributed by atoms with E-state index in [1.807, 2.05) is 0 Å². The Labute approximate surface area is 113 Å². The zero-order chi connectivity index (χ0) is 13.2. The van der Waals surface area contributed by atoms with Crippen molar-refractivity contribution in [3.63, 3.8) is 0 Å². The van der Waals surface area contributed by atoms with Crippen LogP contribution in [0.2, 0.25) is 0 Å². The van der Waals surface area contributed by atoms with E-state index in [0.29, 0.717) is 17.3 Å². The predicted molar refractivity (Wildman–Crippen MR) is 67.3 cm³/mol. The second kappa shape index (κ2) is 5.14. The number of furan rings is 1. The summed E-state index contributed by atoms with van der Waals surface area (Å²) < 4.78 is 5.56. The minimum atomic E-state index is -1.15. The van der Waals surface area contributed by atoms with Crippen molar-refractivity contribution in [1.29, 1.82) is 0 Å². The van der Waals surface area contributed by atoms with Gasteiger partial charge in [-0.2, -0.15) is 0 Å². The van der Waals surface area contributed by atoms with Crippen molar-refractivity contribution >= 4 is 27.8 Å². The van der Waals surface area contributed by atoms with Crippen LogP contribution in [0.4, 0.5) is 0 Å². The van der Waals surface area contributed by atoms with Gasteiger partial charge in [0.25, 0.3) is 5.91 Å². The Morgan fingerprint density at radius 2 is 2.00 bits per heavy atom. The van der Waals surface area contributed by atoms with E-state index in [4.69, 9.17) is 4.42 Å². The summed E-state index contributed by atoms with van der Waals surface area (Å²) in [4.78, 5) is 23.4. The lowest BCUT2D eigenvalue weighted by atomic mass is 9.81. The summed E-state index contributed by atoms with van der Waals surface area (Å²) in [5.74, 6) is -1.35. The summed E-state index contributed by atoms with van der Waals surface area (Å²) in [6.45, 7) is 0. The molecule has 2 N–H and O–H groups in total. The predicted octanol–water partition coefficient (Wildman–Crippen LogP) is 2.56. The standard InChI is InChI=1S/C12H14BrNO4/c13-8-4-7-18-9(8)10(15)14-12(11(16)17)5-2-1-3-6-12/h4,7H,1-3,5-6H2,(H,14,15)(H,16,17). The average molecular weight is 316 g/mol. The molecule has 0 radical (unpaired) electrons. The van der Waals surface area contributed by atoms with Crippen LogP contribution in [0.3, 0.4) is 0 Å². The van der Waals surface area contributed by atoms with Gasteiger partial charge in [0.2, 0.25) is 5.76 Å². The van der Waals surface area contributed by atoms with Crippen molar-refractivity contribution in [2.45, 2.75) is 37.6 Å². The van der Waals surface area contributed by atoms with Crippen molar-refractivity contribution < 1.29 is 19.1 Å². The van der Waals surface area contributed by atoms with Gasteiger partial charge in [0.15, 0.2) is 0 Å². The summed E-state index contributed by atoms with van der Waals surface area (Å²) in [6.07, 6.45) is 4.94. The van der Waals surface area contributed by atoms with Crippen LogP contribution in [0.15, 0.2) is 21.2 Å². The Morgan fingerprint density at radius 3 is 2.50 bits per heavy atom. The van der Waals surface area contributed by atoms with Gasteiger partial charge in [-0.3, -0.25) is 4.79 Å². The number of carbonyl (C=O) groups is 2. The molecular weight excluding hydrogens is 302 g/mol. The normalized spacial score (nSPS) is 18.3. The molecule has 2 rings (SSSR count). The molecular formula is C12H14BrNO4. The van der Waals surface area contributed by atoms with E-state index in [1.165, 1.54) is 6.26 Å². The van der Waals surface area contributed by atoms with Crippen LogP contribution in [-0.2, 0) is 4.79 Å². The van der Waals surface area contributed by atoms with E-state index in [1.54, 1.807) is 6.07 Å². The monoisotopic (exact) mass is 315 g/mol. The third-order valence-corrected chi connectivity index (χ3v) is 3.92. The summed E-state index contributed by atoms with van der Waals surface area (Å²) >= 11 is 3.18. The zero-order valence-corrected chi connectivity index (χ0v) is 11.3. The van der Waals surface area contributed by atoms with E-state index in [-0.39, 0.29) is 5.76 Å². The van der Waals surface area contributed by atoms with E-state index in [9.17, 15) is 14.7 Å². The van der Waals surface area contributed by atoms with Crippen molar-refractivity contribution in [3.05, 3.63) is 22.6 Å². The molecule has 5 nitrogen and oxygen atoms in total. The number of carboxylic acids is 1. The SMILES string of the molecule is O=C(NC1(C(=O)O)CCCCC1)c1occc1Br. The molecule has 1 aromatic rings. The van der Waals surface area contributed by atoms with Gasteiger partial charge in [-0.25, -0.2) is 4.79 Å². The lowest BCUT2D eigenvalue weighted by Crippen LogP contribution is -2.55. The van der Waals surface area contributed by atoms with Crippen LogP contribution >= 0.6 is 15.9 Å². The van der Waals surface area contributed by atoms with Crippen LogP contribution in [0.5, 0.6) is 0 Å². The zero-order valence-electron chi connectivity index (χ0n) is 9.74. The van der Waals surface area contributed by atoms with Gasteiger partial charge in [-0.15, -0.1) is 0 Å². The summed E-state index contributed by atoms with van der Waals surface area (Å²) in [7, 11) is 0. The van der Waals surface area contributed by atoms with Crippen LogP contribution in [0.1, 0.15) is 42.7 Å². The molecule has 1 amide bonds. The molecule has 0 bridgehead atoms. The molecule has 18 heavy (non-hydrogen) atoms. The van der Waals surface area contributed by atoms with Gasteiger partial charge >= 0.3 is 5.97 Å². The maximum absolute atomic E-state index is 12.0. The molecule has 0 saturated heterocycles. The minimum absolute atomic E-state index is 0.112. The molecule has 0 unspecified atom stereocenters. The van der Waals surface area contributed by atoms with Crippen LogP contribution in [-0.4, -0.2) is 22.5 Å². The highest BCUT2D eigenvalue weighted by Crippen LogP contribution is 2.29. The first-order chi connectivity index (χ1) is 8.55. The lowest BCUT2D eigenvalue weighted by Gasteiger charge is -2.33. The second-order valence-corrected chi connectivity index (χ2v) is 5.35. The van der Waals surface area contributed by atoms with Crippen LogP contribution in [0.25, 0.3) is 0 Å². The van der Waals surface area contributed by atoms with Crippen molar-refractivity contribution in [2.24, 2.45) is 0 Å². The van der Waals surface area contributed by atoms with Crippen LogP contribution < -0.4 is 5.32 Å². The fraction of sp³-hybridized carbons (Fsp3) is 0.500. The number of rotatable bonds is 3. The Bertz CT molecular complexity index is 462. The van der Waals surface area contributed by atoms with Crippen molar-refractivity contribution in [1.82, 2.24) is 5.32 Å². The second-order valence-electron chi connectivity index (χ2n) is 4.50. The van der Waals surface area contributed by atoms with E-state index in [2.05, 4.69) is 21.2 Å². The highest BCUT2D eigenvalue weighted by atomic mass is 79.9. The largest absolute Gasteiger partial charge is 0.480 e. The first kappa shape index (κ1) is 13.1. The van der Waals surface area contributed by atoms with Gasteiger partial charge < -0.3 is 14.8 Å². The third kappa shape index (κ3) is 2.43. The number of hydrogen-bond acceptors (Lipinski definition) is 3.